The summed E-state index contributed by atoms with van der Waals surface area (Å²) in [6, 6.07) is 8.71. The maximum atomic E-state index is 12.1. The molecule has 2 rings (SSSR count). The predicted molar refractivity (Wildman–Crippen MR) is 75.3 cm³/mol. The Balaban J connectivity index is 1.88. The van der Waals surface area contributed by atoms with Crippen molar-refractivity contribution in [2.45, 2.75) is 38.3 Å². The average Bonchev–Trinajstić information content (AvgIpc) is 2.65. The van der Waals surface area contributed by atoms with E-state index in [0.717, 1.165) is 12.8 Å². The molecule has 2 N–H and O–H groups in total. The summed E-state index contributed by atoms with van der Waals surface area (Å²) in [6.07, 6.45) is 1.93. The molecule has 0 aliphatic carbocycles. The van der Waals surface area contributed by atoms with Crippen molar-refractivity contribution in [1.29, 1.82) is 0 Å². The minimum atomic E-state index is -0.631. The van der Waals surface area contributed by atoms with Gasteiger partial charge in [-0.25, -0.2) is 0 Å². The third-order valence-electron chi connectivity index (χ3n) is 3.28. The Labute approximate surface area is 118 Å². The molecule has 2 atom stereocenters. The van der Waals surface area contributed by atoms with Crippen LogP contribution in [0.25, 0.3) is 0 Å². The number of amides is 2. The van der Waals surface area contributed by atoms with E-state index in [9.17, 15) is 9.59 Å². The number of hydrogen-bond acceptors (Lipinski definition) is 3. The second kappa shape index (κ2) is 6.93. The highest BCUT2D eigenvalue weighted by Crippen LogP contribution is 2.11. The highest BCUT2D eigenvalue weighted by atomic mass is 16.5. The summed E-state index contributed by atoms with van der Waals surface area (Å²) >= 11 is 0. The number of rotatable bonds is 4. The summed E-state index contributed by atoms with van der Waals surface area (Å²) in [5.74, 6) is 0.263. The molecule has 0 radical (unpaired) electrons. The van der Waals surface area contributed by atoms with Crippen LogP contribution in [0.1, 0.15) is 26.2 Å². The summed E-state index contributed by atoms with van der Waals surface area (Å²) in [4.78, 5) is 23.8. The molecule has 1 aliphatic rings. The lowest BCUT2D eigenvalue weighted by Crippen LogP contribution is -2.49. The summed E-state index contributed by atoms with van der Waals surface area (Å²) in [5.41, 5.74) is 0. The third kappa shape index (κ3) is 3.98. The highest BCUT2D eigenvalue weighted by Gasteiger charge is 2.25. The topological polar surface area (TPSA) is 67.4 Å². The molecule has 1 aromatic carbocycles. The van der Waals surface area contributed by atoms with Gasteiger partial charge in [-0.15, -0.1) is 0 Å². The van der Waals surface area contributed by atoms with E-state index in [4.69, 9.17) is 4.74 Å². The van der Waals surface area contributed by atoms with Crippen molar-refractivity contribution in [2.75, 3.05) is 6.54 Å². The van der Waals surface area contributed by atoms with Gasteiger partial charge in [0.2, 0.25) is 5.91 Å². The van der Waals surface area contributed by atoms with Crippen LogP contribution in [0.3, 0.4) is 0 Å². The summed E-state index contributed by atoms with van der Waals surface area (Å²) in [5, 5.41) is 5.55. The maximum absolute atomic E-state index is 12.1. The van der Waals surface area contributed by atoms with Crippen LogP contribution in [0.15, 0.2) is 30.3 Å². The molecule has 5 heteroatoms. The fourth-order valence-electron chi connectivity index (χ4n) is 2.12. The zero-order valence-electron chi connectivity index (χ0n) is 11.6. The van der Waals surface area contributed by atoms with Gasteiger partial charge in [-0.3, -0.25) is 9.59 Å². The Kier molecular flexibility index (Phi) is 4.98. The first-order valence-corrected chi connectivity index (χ1v) is 6.96. The van der Waals surface area contributed by atoms with Crippen LogP contribution < -0.4 is 15.4 Å². The first-order chi connectivity index (χ1) is 9.66. The molecule has 0 saturated carbocycles. The minimum absolute atomic E-state index is 0.109. The van der Waals surface area contributed by atoms with Gasteiger partial charge in [0.1, 0.15) is 11.8 Å². The molecule has 1 heterocycles. The van der Waals surface area contributed by atoms with Crippen LogP contribution in [0.5, 0.6) is 5.75 Å². The standard InChI is InChI=1S/C15H20N2O3/c1-11(20-12-7-3-2-4-8-12)14(18)17-13-9-5-6-10-16-15(13)19/h2-4,7-8,11,13H,5-6,9-10H2,1H3,(H,16,19)(H,17,18)/t11-,13+/m1/s1. The molecule has 0 bridgehead atoms. The van der Waals surface area contributed by atoms with Crippen molar-refractivity contribution in [3.8, 4) is 5.75 Å². The number of hydrogen-bond donors (Lipinski definition) is 2. The van der Waals surface area contributed by atoms with Crippen molar-refractivity contribution in [3.05, 3.63) is 30.3 Å². The molecule has 0 unspecified atom stereocenters. The maximum Gasteiger partial charge on any atom is 0.261 e. The number of carbonyl (C=O) groups is 2. The van der Waals surface area contributed by atoms with Crippen molar-refractivity contribution in [1.82, 2.24) is 10.6 Å². The number of carbonyl (C=O) groups excluding carboxylic acids is 2. The van der Waals surface area contributed by atoms with E-state index in [1.165, 1.54) is 0 Å². The van der Waals surface area contributed by atoms with Crippen LogP contribution in [0, 0.1) is 0 Å². The molecule has 0 aromatic heterocycles. The van der Waals surface area contributed by atoms with Gasteiger partial charge < -0.3 is 15.4 Å². The second-order valence-corrected chi connectivity index (χ2v) is 4.92. The van der Waals surface area contributed by atoms with Crippen molar-refractivity contribution < 1.29 is 14.3 Å². The van der Waals surface area contributed by atoms with E-state index >= 15 is 0 Å². The smallest absolute Gasteiger partial charge is 0.261 e. The van der Waals surface area contributed by atoms with Gasteiger partial charge in [0.25, 0.3) is 5.91 Å². The van der Waals surface area contributed by atoms with E-state index in [1.807, 2.05) is 18.2 Å². The first kappa shape index (κ1) is 14.4. The highest BCUT2D eigenvalue weighted by molar-refractivity contribution is 5.89. The van der Waals surface area contributed by atoms with Gasteiger partial charge >= 0.3 is 0 Å². The normalized spacial score (nSPS) is 20.4. The van der Waals surface area contributed by atoms with Gasteiger partial charge in [-0.1, -0.05) is 18.2 Å². The van der Waals surface area contributed by atoms with Gasteiger partial charge in [0.05, 0.1) is 0 Å². The summed E-state index contributed by atoms with van der Waals surface area (Å²) < 4.78 is 5.54. The Morgan fingerprint density at radius 1 is 1.35 bits per heavy atom. The SMILES string of the molecule is C[C@@H](Oc1ccccc1)C(=O)N[C@H]1CCCCNC1=O. The number of benzene rings is 1. The zero-order chi connectivity index (χ0) is 14.4. The predicted octanol–water partition coefficient (Wildman–Crippen LogP) is 1.24. The van der Waals surface area contributed by atoms with Crippen LogP contribution >= 0.6 is 0 Å². The fraction of sp³-hybridized carbons (Fsp3) is 0.467. The number of ether oxygens (including phenoxy) is 1. The van der Waals surface area contributed by atoms with Crippen LogP contribution in [0.2, 0.25) is 0 Å². The van der Waals surface area contributed by atoms with Crippen LogP contribution in [0.4, 0.5) is 0 Å². The van der Waals surface area contributed by atoms with Crippen molar-refractivity contribution in [2.24, 2.45) is 0 Å². The van der Waals surface area contributed by atoms with Gasteiger partial charge in [0, 0.05) is 6.54 Å². The molecular weight excluding hydrogens is 256 g/mol. The Hall–Kier alpha value is -2.04. The van der Waals surface area contributed by atoms with Gasteiger partial charge in [-0.2, -0.15) is 0 Å². The van der Waals surface area contributed by atoms with E-state index < -0.39 is 12.1 Å². The van der Waals surface area contributed by atoms with Gasteiger partial charge in [-0.05, 0) is 38.3 Å². The van der Waals surface area contributed by atoms with E-state index in [-0.39, 0.29) is 11.8 Å². The lowest BCUT2D eigenvalue weighted by Gasteiger charge is -2.19. The average molecular weight is 276 g/mol. The Morgan fingerprint density at radius 3 is 2.85 bits per heavy atom. The van der Waals surface area contributed by atoms with E-state index in [0.29, 0.717) is 18.7 Å². The molecule has 1 aliphatic heterocycles. The lowest BCUT2D eigenvalue weighted by molar-refractivity contribution is -0.132. The molecule has 2 amide bonds. The molecule has 1 aromatic rings. The largest absolute Gasteiger partial charge is 0.481 e. The van der Waals surface area contributed by atoms with Crippen LogP contribution in [-0.4, -0.2) is 30.5 Å². The molecule has 20 heavy (non-hydrogen) atoms. The lowest BCUT2D eigenvalue weighted by atomic mass is 10.1. The van der Waals surface area contributed by atoms with Crippen molar-refractivity contribution in [3.63, 3.8) is 0 Å². The zero-order valence-corrected chi connectivity index (χ0v) is 11.6. The first-order valence-electron chi connectivity index (χ1n) is 6.96. The number of para-hydroxylation sites is 1. The van der Waals surface area contributed by atoms with Crippen molar-refractivity contribution >= 4 is 11.8 Å². The molecule has 1 fully saturated rings. The molecule has 5 nitrogen and oxygen atoms in total. The fourth-order valence-corrected chi connectivity index (χ4v) is 2.12. The Bertz CT molecular complexity index is 461. The quantitative estimate of drug-likeness (QED) is 0.869. The molecular formula is C15H20N2O3. The second-order valence-electron chi connectivity index (χ2n) is 4.92. The molecule has 108 valence electrons. The third-order valence-corrected chi connectivity index (χ3v) is 3.28. The van der Waals surface area contributed by atoms with E-state index in [2.05, 4.69) is 10.6 Å². The Morgan fingerprint density at radius 2 is 2.10 bits per heavy atom. The van der Waals surface area contributed by atoms with Gasteiger partial charge in [0.15, 0.2) is 6.10 Å². The minimum Gasteiger partial charge on any atom is -0.481 e. The summed E-state index contributed by atoms with van der Waals surface area (Å²) in [7, 11) is 0. The molecule has 1 saturated heterocycles. The van der Waals surface area contributed by atoms with E-state index in [1.54, 1.807) is 19.1 Å². The number of nitrogens with one attached hydrogen (secondary N) is 2. The van der Waals surface area contributed by atoms with Crippen LogP contribution in [-0.2, 0) is 9.59 Å². The monoisotopic (exact) mass is 276 g/mol. The summed E-state index contributed by atoms with van der Waals surface area (Å²) in [6.45, 7) is 2.36. The molecule has 0 spiro atoms.